The summed E-state index contributed by atoms with van der Waals surface area (Å²) >= 11 is 0. The molecule has 1 saturated heterocycles. The Morgan fingerprint density at radius 1 is 1.55 bits per heavy atom. The highest BCUT2D eigenvalue weighted by molar-refractivity contribution is 4.87. The lowest BCUT2D eigenvalue weighted by molar-refractivity contribution is 0.0766. The second-order valence-corrected chi connectivity index (χ2v) is 3.90. The van der Waals surface area contributed by atoms with Crippen LogP contribution in [-0.2, 0) is 4.74 Å². The third-order valence-electron chi connectivity index (χ3n) is 2.58. The topological polar surface area (TPSA) is 55.5 Å². The van der Waals surface area contributed by atoms with E-state index in [9.17, 15) is 5.11 Å². The molecule has 2 unspecified atom stereocenters. The fourth-order valence-corrected chi connectivity index (χ4v) is 1.44. The van der Waals surface area contributed by atoms with Gasteiger partial charge in [0.1, 0.15) is 0 Å². The molecular formula is C8H17NO2. The van der Waals surface area contributed by atoms with Crippen LogP contribution in [0.15, 0.2) is 0 Å². The molecule has 0 radical (unpaired) electrons. The molecule has 1 heterocycles. The minimum atomic E-state index is -0.325. The van der Waals surface area contributed by atoms with Crippen molar-refractivity contribution in [2.45, 2.75) is 20.0 Å². The molecule has 1 rings (SSSR count). The average Bonchev–Trinajstić information content (AvgIpc) is 2.36. The van der Waals surface area contributed by atoms with Gasteiger partial charge in [0.15, 0.2) is 0 Å². The summed E-state index contributed by atoms with van der Waals surface area (Å²) in [7, 11) is 0. The number of hydrogen-bond acceptors (Lipinski definition) is 3. The van der Waals surface area contributed by atoms with Crippen LogP contribution in [0.2, 0.25) is 0 Å². The van der Waals surface area contributed by atoms with Gasteiger partial charge >= 0.3 is 0 Å². The van der Waals surface area contributed by atoms with Crippen LogP contribution in [0, 0.1) is 11.3 Å². The van der Waals surface area contributed by atoms with E-state index < -0.39 is 0 Å². The van der Waals surface area contributed by atoms with Crippen LogP contribution in [0.4, 0.5) is 0 Å². The van der Waals surface area contributed by atoms with Crippen LogP contribution >= 0.6 is 0 Å². The predicted octanol–water partition coefficient (Wildman–Crippen LogP) is -0.0214. The molecule has 0 spiro atoms. The SMILES string of the molecule is CC(C)(CN)C1COCC1O. The van der Waals surface area contributed by atoms with Gasteiger partial charge < -0.3 is 15.6 Å². The van der Waals surface area contributed by atoms with Crippen molar-refractivity contribution in [3.05, 3.63) is 0 Å². The Morgan fingerprint density at radius 2 is 2.18 bits per heavy atom. The molecule has 0 saturated carbocycles. The smallest absolute Gasteiger partial charge is 0.0829 e. The summed E-state index contributed by atoms with van der Waals surface area (Å²) in [5.74, 6) is 0.201. The molecule has 3 N–H and O–H groups in total. The zero-order valence-corrected chi connectivity index (χ0v) is 7.21. The normalized spacial score (nSPS) is 32.7. The lowest BCUT2D eigenvalue weighted by Gasteiger charge is -2.30. The van der Waals surface area contributed by atoms with E-state index in [0.717, 1.165) is 0 Å². The number of ether oxygens (including phenoxy) is 1. The maximum Gasteiger partial charge on any atom is 0.0829 e. The van der Waals surface area contributed by atoms with Gasteiger partial charge in [-0.2, -0.15) is 0 Å². The highest BCUT2D eigenvalue weighted by atomic mass is 16.5. The zero-order chi connectivity index (χ0) is 8.48. The van der Waals surface area contributed by atoms with Gasteiger partial charge in [-0.25, -0.2) is 0 Å². The molecule has 0 amide bonds. The van der Waals surface area contributed by atoms with Crippen LogP contribution in [0.25, 0.3) is 0 Å². The number of aliphatic hydroxyl groups is 1. The molecule has 3 heteroatoms. The van der Waals surface area contributed by atoms with Crippen LogP contribution < -0.4 is 5.73 Å². The van der Waals surface area contributed by atoms with Gasteiger partial charge in [0.05, 0.1) is 19.3 Å². The largest absolute Gasteiger partial charge is 0.390 e. The zero-order valence-electron chi connectivity index (χ0n) is 7.21. The molecule has 2 atom stereocenters. The molecule has 0 aliphatic carbocycles. The van der Waals surface area contributed by atoms with E-state index >= 15 is 0 Å². The van der Waals surface area contributed by atoms with E-state index in [2.05, 4.69) is 13.8 Å². The third-order valence-corrected chi connectivity index (χ3v) is 2.58. The second-order valence-electron chi connectivity index (χ2n) is 3.90. The van der Waals surface area contributed by atoms with E-state index in [0.29, 0.717) is 19.8 Å². The fourth-order valence-electron chi connectivity index (χ4n) is 1.44. The molecule has 1 fully saturated rings. The standard InChI is InChI=1S/C8H17NO2/c1-8(2,5-9)6-3-11-4-7(6)10/h6-7,10H,3-5,9H2,1-2H3. The van der Waals surface area contributed by atoms with E-state index in [1.807, 2.05) is 0 Å². The van der Waals surface area contributed by atoms with Crippen molar-refractivity contribution in [2.24, 2.45) is 17.1 Å². The van der Waals surface area contributed by atoms with Gasteiger partial charge in [0.2, 0.25) is 0 Å². The number of aliphatic hydroxyl groups excluding tert-OH is 1. The molecule has 0 aromatic heterocycles. The summed E-state index contributed by atoms with van der Waals surface area (Å²) in [6.45, 7) is 5.84. The summed E-state index contributed by atoms with van der Waals surface area (Å²) < 4.78 is 5.15. The first-order valence-corrected chi connectivity index (χ1v) is 4.04. The van der Waals surface area contributed by atoms with Crippen molar-refractivity contribution < 1.29 is 9.84 Å². The minimum absolute atomic E-state index is 0.00405. The molecule has 1 aliphatic rings. The Labute approximate surface area is 67.5 Å². The van der Waals surface area contributed by atoms with Crippen molar-refractivity contribution >= 4 is 0 Å². The summed E-state index contributed by atoms with van der Waals surface area (Å²) in [6.07, 6.45) is -0.325. The summed E-state index contributed by atoms with van der Waals surface area (Å²) in [6, 6.07) is 0. The number of nitrogens with two attached hydrogens (primary N) is 1. The fraction of sp³-hybridized carbons (Fsp3) is 1.00. The van der Waals surface area contributed by atoms with Crippen LogP contribution in [0.5, 0.6) is 0 Å². The predicted molar refractivity (Wildman–Crippen MR) is 43.2 cm³/mol. The van der Waals surface area contributed by atoms with Crippen molar-refractivity contribution in [2.75, 3.05) is 19.8 Å². The van der Waals surface area contributed by atoms with E-state index in [1.54, 1.807) is 0 Å². The quantitative estimate of drug-likeness (QED) is 0.595. The van der Waals surface area contributed by atoms with E-state index in [1.165, 1.54) is 0 Å². The number of rotatable bonds is 2. The molecular weight excluding hydrogens is 142 g/mol. The summed E-state index contributed by atoms with van der Waals surface area (Å²) in [5.41, 5.74) is 5.58. The Bertz CT molecular complexity index is 136. The number of hydrogen-bond donors (Lipinski definition) is 2. The van der Waals surface area contributed by atoms with Gasteiger partial charge in [-0.3, -0.25) is 0 Å². The first-order valence-electron chi connectivity index (χ1n) is 4.04. The van der Waals surface area contributed by atoms with Crippen molar-refractivity contribution in [1.29, 1.82) is 0 Å². The van der Waals surface area contributed by atoms with E-state index in [4.69, 9.17) is 10.5 Å². The molecule has 0 aromatic carbocycles. The lowest BCUT2D eigenvalue weighted by atomic mass is 9.77. The lowest BCUT2D eigenvalue weighted by Crippen LogP contribution is -2.38. The van der Waals surface area contributed by atoms with Crippen LogP contribution in [0.3, 0.4) is 0 Å². The van der Waals surface area contributed by atoms with Crippen molar-refractivity contribution in [3.8, 4) is 0 Å². The van der Waals surface area contributed by atoms with Gasteiger partial charge in [-0.1, -0.05) is 13.8 Å². The second kappa shape index (κ2) is 3.09. The average molecular weight is 159 g/mol. The third kappa shape index (κ3) is 1.72. The molecule has 0 bridgehead atoms. The first-order chi connectivity index (χ1) is 5.08. The highest BCUT2D eigenvalue weighted by Gasteiger charge is 2.37. The Morgan fingerprint density at radius 3 is 2.55 bits per heavy atom. The molecule has 3 nitrogen and oxygen atoms in total. The Hall–Kier alpha value is -0.120. The monoisotopic (exact) mass is 159 g/mol. The molecule has 66 valence electrons. The van der Waals surface area contributed by atoms with Gasteiger partial charge in [-0.05, 0) is 12.0 Å². The Kier molecular flexibility index (Phi) is 2.52. The highest BCUT2D eigenvalue weighted by Crippen LogP contribution is 2.32. The van der Waals surface area contributed by atoms with Gasteiger partial charge in [0, 0.05) is 5.92 Å². The van der Waals surface area contributed by atoms with Crippen LogP contribution in [0.1, 0.15) is 13.8 Å². The van der Waals surface area contributed by atoms with Gasteiger partial charge in [-0.15, -0.1) is 0 Å². The maximum atomic E-state index is 9.48. The first kappa shape index (κ1) is 8.97. The summed E-state index contributed by atoms with van der Waals surface area (Å²) in [5, 5.41) is 9.48. The molecule has 0 aromatic rings. The van der Waals surface area contributed by atoms with Crippen molar-refractivity contribution in [1.82, 2.24) is 0 Å². The molecule has 1 aliphatic heterocycles. The summed E-state index contributed by atoms with van der Waals surface area (Å²) in [4.78, 5) is 0. The Balaban J connectivity index is 2.58. The minimum Gasteiger partial charge on any atom is -0.390 e. The maximum absolute atomic E-state index is 9.48. The van der Waals surface area contributed by atoms with Crippen LogP contribution in [-0.4, -0.2) is 31.0 Å². The van der Waals surface area contributed by atoms with Crippen molar-refractivity contribution in [3.63, 3.8) is 0 Å². The molecule has 11 heavy (non-hydrogen) atoms. The van der Waals surface area contributed by atoms with Gasteiger partial charge in [0.25, 0.3) is 0 Å². The van der Waals surface area contributed by atoms with E-state index in [-0.39, 0.29) is 17.4 Å².